The molecule has 0 aromatic carbocycles. The second kappa shape index (κ2) is 12.4. The molecule has 0 rings (SSSR count). The minimum absolute atomic E-state index is 0.372. The van der Waals surface area contributed by atoms with Crippen LogP contribution in [0, 0.1) is 5.92 Å². The summed E-state index contributed by atoms with van der Waals surface area (Å²) in [6.45, 7) is 5.80. The zero-order valence-electron chi connectivity index (χ0n) is 9.32. The lowest BCUT2D eigenvalue weighted by Gasteiger charge is -2.08. The predicted octanol–water partition coefficient (Wildman–Crippen LogP) is 2.22. The fourth-order valence-corrected chi connectivity index (χ4v) is 0.917. The highest BCUT2D eigenvalue weighted by atomic mass is 17.1. The second-order valence-corrected chi connectivity index (χ2v) is 3.18. The van der Waals surface area contributed by atoms with Gasteiger partial charge in [-0.1, -0.05) is 33.1 Å². The summed E-state index contributed by atoms with van der Waals surface area (Å²) in [5, 5.41) is 16.0. The number of hydrogen-bond acceptors (Lipinski definition) is 4. The number of rotatable bonds is 5. The third-order valence-corrected chi connectivity index (χ3v) is 1.93. The van der Waals surface area contributed by atoms with Gasteiger partial charge >= 0.3 is 5.97 Å². The maximum Gasteiger partial charge on any atom is 0.339 e. The Balaban J connectivity index is 0. The van der Waals surface area contributed by atoms with Crippen molar-refractivity contribution in [2.75, 3.05) is 6.61 Å². The van der Waals surface area contributed by atoms with Crippen molar-refractivity contribution >= 4 is 5.97 Å². The maximum absolute atomic E-state index is 9.34. The molecule has 4 nitrogen and oxygen atoms in total. The molecule has 0 saturated heterocycles. The predicted molar refractivity (Wildman–Crippen MR) is 54.8 cm³/mol. The molecule has 1 unspecified atom stereocenters. The molecular formula is C10H22O4. The molecular weight excluding hydrogens is 184 g/mol. The first-order valence-corrected chi connectivity index (χ1v) is 5.05. The van der Waals surface area contributed by atoms with Crippen LogP contribution in [0.1, 0.15) is 46.5 Å². The van der Waals surface area contributed by atoms with Crippen molar-refractivity contribution in [2.24, 2.45) is 5.92 Å². The van der Waals surface area contributed by atoms with Crippen molar-refractivity contribution < 1.29 is 20.0 Å². The molecule has 0 amide bonds. The second-order valence-electron chi connectivity index (χ2n) is 3.18. The average molecular weight is 206 g/mol. The number of hydrogen-bond donors (Lipinski definition) is 2. The number of unbranched alkanes of at least 4 members (excludes halogenated alkanes) is 1. The average Bonchev–Trinajstić information content (AvgIpc) is 2.20. The Bertz CT molecular complexity index is 121. The summed E-state index contributed by atoms with van der Waals surface area (Å²) in [6, 6.07) is 0. The lowest BCUT2D eigenvalue weighted by molar-refractivity contribution is -0.231. The summed E-state index contributed by atoms with van der Waals surface area (Å²) in [6.07, 6.45) is 4.83. The molecule has 0 fully saturated rings. The van der Waals surface area contributed by atoms with Gasteiger partial charge in [0.2, 0.25) is 0 Å². The van der Waals surface area contributed by atoms with Crippen LogP contribution in [-0.4, -0.2) is 22.9 Å². The Hall–Kier alpha value is -0.610. The van der Waals surface area contributed by atoms with E-state index in [0.29, 0.717) is 12.5 Å². The highest BCUT2D eigenvalue weighted by molar-refractivity contribution is 5.64. The highest BCUT2D eigenvalue weighted by Gasteiger charge is 2.01. The number of carbonyl (C=O) groups excluding carboxylic acids is 1. The molecule has 0 radical (unpaired) electrons. The highest BCUT2D eigenvalue weighted by Crippen LogP contribution is 2.10. The topological polar surface area (TPSA) is 66.8 Å². The third kappa shape index (κ3) is 13.9. The summed E-state index contributed by atoms with van der Waals surface area (Å²) in [5.41, 5.74) is 0. The first-order chi connectivity index (χ1) is 6.62. The van der Waals surface area contributed by atoms with E-state index in [9.17, 15) is 4.79 Å². The monoisotopic (exact) mass is 206 g/mol. The van der Waals surface area contributed by atoms with Crippen LogP contribution in [0.3, 0.4) is 0 Å². The summed E-state index contributed by atoms with van der Waals surface area (Å²) in [4.78, 5) is 12.5. The Morgan fingerprint density at radius 2 is 1.93 bits per heavy atom. The van der Waals surface area contributed by atoms with E-state index < -0.39 is 5.97 Å². The zero-order chi connectivity index (χ0) is 11.4. The maximum atomic E-state index is 9.34. The summed E-state index contributed by atoms with van der Waals surface area (Å²) in [5.74, 6) is -0.130. The van der Waals surface area contributed by atoms with E-state index in [1.165, 1.54) is 19.3 Å². The molecule has 0 aromatic rings. The van der Waals surface area contributed by atoms with Crippen LogP contribution in [0.15, 0.2) is 0 Å². The molecule has 2 N–H and O–H groups in total. The molecule has 0 saturated carbocycles. The van der Waals surface area contributed by atoms with E-state index in [2.05, 4.69) is 18.7 Å². The fraction of sp³-hybridized carbons (Fsp3) is 0.900. The van der Waals surface area contributed by atoms with E-state index in [1.807, 2.05) is 0 Å². The van der Waals surface area contributed by atoms with Gasteiger partial charge in [0.15, 0.2) is 0 Å². The molecule has 0 heterocycles. The lowest BCUT2D eigenvalue weighted by atomic mass is 10.0. The van der Waals surface area contributed by atoms with E-state index >= 15 is 0 Å². The first-order valence-electron chi connectivity index (χ1n) is 5.05. The van der Waals surface area contributed by atoms with Crippen molar-refractivity contribution in [1.82, 2.24) is 0 Å². The van der Waals surface area contributed by atoms with Gasteiger partial charge in [-0.25, -0.2) is 4.79 Å². The van der Waals surface area contributed by atoms with Crippen molar-refractivity contribution in [1.29, 1.82) is 0 Å². The van der Waals surface area contributed by atoms with Crippen molar-refractivity contribution in [3.8, 4) is 0 Å². The van der Waals surface area contributed by atoms with E-state index in [-0.39, 0.29) is 0 Å². The third-order valence-electron chi connectivity index (χ3n) is 1.93. The molecule has 86 valence electrons. The zero-order valence-corrected chi connectivity index (χ0v) is 9.32. The van der Waals surface area contributed by atoms with Gasteiger partial charge in [0.05, 0.1) is 0 Å². The van der Waals surface area contributed by atoms with Gasteiger partial charge in [0.25, 0.3) is 0 Å². The molecule has 0 aliphatic rings. The van der Waals surface area contributed by atoms with Gasteiger partial charge in [-0.15, -0.1) is 0 Å². The summed E-state index contributed by atoms with van der Waals surface area (Å²) in [7, 11) is 0. The summed E-state index contributed by atoms with van der Waals surface area (Å²) >= 11 is 0. The fourth-order valence-electron chi connectivity index (χ4n) is 0.917. The van der Waals surface area contributed by atoms with Crippen LogP contribution < -0.4 is 0 Å². The molecule has 0 aliphatic heterocycles. The van der Waals surface area contributed by atoms with Crippen LogP contribution >= 0.6 is 0 Å². The molecule has 0 spiro atoms. The molecule has 0 aliphatic carbocycles. The van der Waals surface area contributed by atoms with Crippen LogP contribution in [0.25, 0.3) is 0 Å². The summed E-state index contributed by atoms with van der Waals surface area (Å²) < 4.78 is 0. The number of carbonyl (C=O) groups is 1. The van der Waals surface area contributed by atoms with E-state index in [4.69, 9.17) is 10.4 Å². The van der Waals surface area contributed by atoms with Crippen LogP contribution in [0.2, 0.25) is 0 Å². The van der Waals surface area contributed by atoms with Gasteiger partial charge in [0, 0.05) is 13.5 Å². The largest absolute Gasteiger partial charge is 0.396 e. The quantitative estimate of drug-likeness (QED) is 0.534. The normalized spacial score (nSPS) is 11.2. The van der Waals surface area contributed by atoms with Crippen LogP contribution in [-0.2, 0) is 9.68 Å². The number of aliphatic hydroxyl groups excluding tert-OH is 1. The smallest absolute Gasteiger partial charge is 0.339 e. The molecule has 0 bridgehead atoms. The minimum Gasteiger partial charge on any atom is -0.396 e. The standard InChI is InChI=1S/C8H18O.C2H4O3/c1-3-5-6-8(4-2)7-9;1-2(3)5-4/h8-9H,3-7H2,1-2H3;4H,1H3. The van der Waals surface area contributed by atoms with E-state index in [1.54, 1.807) is 0 Å². The Kier molecular flexibility index (Phi) is 14.0. The molecule has 4 heteroatoms. The van der Waals surface area contributed by atoms with Crippen molar-refractivity contribution in [3.05, 3.63) is 0 Å². The van der Waals surface area contributed by atoms with E-state index in [0.717, 1.165) is 13.3 Å². The Morgan fingerprint density at radius 1 is 1.43 bits per heavy atom. The molecule has 14 heavy (non-hydrogen) atoms. The Morgan fingerprint density at radius 3 is 2.14 bits per heavy atom. The van der Waals surface area contributed by atoms with Gasteiger partial charge in [-0.2, -0.15) is 5.26 Å². The van der Waals surface area contributed by atoms with Gasteiger partial charge in [0.1, 0.15) is 0 Å². The Labute approximate surface area is 85.8 Å². The van der Waals surface area contributed by atoms with Gasteiger partial charge in [-0.05, 0) is 12.3 Å². The van der Waals surface area contributed by atoms with Crippen LogP contribution in [0.4, 0.5) is 0 Å². The number of aliphatic hydroxyl groups is 1. The van der Waals surface area contributed by atoms with Gasteiger partial charge in [-0.3, -0.25) is 0 Å². The van der Waals surface area contributed by atoms with Gasteiger partial charge < -0.3 is 9.99 Å². The SMILES string of the molecule is CC(=O)OO.CCCCC(CC)CO. The van der Waals surface area contributed by atoms with Crippen LogP contribution in [0.5, 0.6) is 0 Å². The van der Waals surface area contributed by atoms with Crippen molar-refractivity contribution in [2.45, 2.75) is 46.5 Å². The first kappa shape index (κ1) is 15.8. The minimum atomic E-state index is -0.690. The molecule has 0 aromatic heterocycles. The van der Waals surface area contributed by atoms with Crippen molar-refractivity contribution in [3.63, 3.8) is 0 Å². The lowest BCUT2D eigenvalue weighted by Crippen LogP contribution is -2.03. The molecule has 1 atom stereocenters.